The van der Waals surface area contributed by atoms with Crippen LogP contribution in [0.3, 0.4) is 0 Å². The Morgan fingerprint density at radius 1 is 1.25 bits per heavy atom. The van der Waals surface area contributed by atoms with Crippen molar-refractivity contribution in [2.45, 2.75) is 20.0 Å². The first-order valence-corrected chi connectivity index (χ1v) is 8.59. The second-order valence-corrected chi connectivity index (χ2v) is 6.42. The van der Waals surface area contributed by atoms with Crippen molar-refractivity contribution in [2.75, 3.05) is 5.32 Å². The topological polar surface area (TPSA) is 112 Å². The molecule has 1 aromatic heterocycles. The summed E-state index contributed by atoms with van der Waals surface area (Å²) in [6.45, 7) is 3.09. The molecule has 144 valence electrons. The minimum atomic E-state index is -1.18. The summed E-state index contributed by atoms with van der Waals surface area (Å²) in [5.74, 6) is -1.47. The van der Waals surface area contributed by atoms with Gasteiger partial charge in [0.1, 0.15) is 5.58 Å². The Morgan fingerprint density at radius 2 is 1.96 bits per heavy atom. The lowest BCUT2D eigenvalue weighted by Crippen LogP contribution is -2.30. The lowest BCUT2D eigenvalue weighted by atomic mass is 10.1. The van der Waals surface area contributed by atoms with Gasteiger partial charge in [0.2, 0.25) is 5.76 Å². The number of carbonyl (C=O) groups excluding carboxylic acids is 2. The monoisotopic (exact) mass is 402 g/mol. The molecule has 0 aliphatic carbocycles. The number of ether oxygens (including phenoxy) is 1. The Bertz CT molecular complexity index is 1090. The molecule has 3 rings (SSSR count). The van der Waals surface area contributed by atoms with E-state index >= 15 is 0 Å². The van der Waals surface area contributed by atoms with Gasteiger partial charge in [-0.05, 0) is 26.0 Å². The van der Waals surface area contributed by atoms with Gasteiger partial charge in [-0.1, -0.05) is 29.8 Å². The zero-order chi connectivity index (χ0) is 20.4. The minimum absolute atomic E-state index is 0.00855. The largest absolute Gasteiger partial charge is 0.449 e. The van der Waals surface area contributed by atoms with Crippen LogP contribution in [0.1, 0.15) is 23.0 Å². The third-order valence-electron chi connectivity index (χ3n) is 4.10. The van der Waals surface area contributed by atoms with Crippen LogP contribution < -0.4 is 5.32 Å². The highest BCUT2D eigenvalue weighted by Gasteiger charge is 2.25. The number of esters is 1. The van der Waals surface area contributed by atoms with Gasteiger partial charge in [0, 0.05) is 23.1 Å². The van der Waals surface area contributed by atoms with Crippen LogP contribution >= 0.6 is 11.6 Å². The number of aryl methyl sites for hydroxylation is 1. The predicted octanol–water partition coefficient (Wildman–Crippen LogP) is 4.49. The SMILES string of the molecule is Cc1c(C(=O)O[C@@H](C)C(=O)Nc2cc([N+](=O)[O-])ccc2Cl)oc2ccccc12. The zero-order valence-corrected chi connectivity index (χ0v) is 15.6. The Morgan fingerprint density at radius 3 is 2.64 bits per heavy atom. The molecule has 0 spiro atoms. The Balaban J connectivity index is 1.73. The summed E-state index contributed by atoms with van der Waals surface area (Å²) in [5, 5.41) is 14.2. The molecule has 8 nitrogen and oxygen atoms in total. The zero-order valence-electron chi connectivity index (χ0n) is 14.9. The number of non-ortho nitro benzene ring substituents is 1. The second kappa shape index (κ2) is 7.69. The van der Waals surface area contributed by atoms with Crippen LogP contribution in [0.4, 0.5) is 11.4 Å². The molecule has 0 unspecified atom stereocenters. The van der Waals surface area contributed by atoms with Crippen LogP contribution in [0.15, 0.2) is 46.9 Å². The smallest absolute Gasteiger partial charge is 0.375 e. The highest BCUT2D eigenvalue weighted by atomic mass is 35.5. The molecule has 0 bridgehead atoms. The van der Waals surface area contributed by atoms with Crippen LogP contribution in [0.25, 0.3) is 11.0 Å². The van der Waals surface area contributed by atoms with Crippen molar-refractivity contribution in [2.24, 2.45) is 0 Å². The van der Waals surface area contributed by atoms with Crippen molar-refractivity contribution in [3.63, 3.8) is 0 Å². The van der Waals surface area contributed by atoms with E-state index in [1.807, 2.05) is 12.1 Å². The second-order valence-electron chi connectivity index (χ2n) is 6.01. The number of carbonyl (C=O) groups is 2. The quantitative estimate of drug-likeness (QED) is 0.382. The number of fused-ring (bicyclic) bond motifs is 1. The molecule has 0 radical (unpaired) electrons. The molecule has 3 aromatic rings. The highest BCUT2D eigenvalue weighted by molar-refractivity contribution is 6.33. The fourth-order valence-electron chi connectivity index (χ4n) is 2.59. The summed E-state index contributed by atoms with van der Waals surface area (Å²) in [6.07, 6.45) is -1.18. The van der Waals surface area contributed by atoms with Crippen LogP contribution in [0, 0.1) is 17.0 Å². The average molecular weight is 403 g/mol. The molecule has 1 N–H and O–H groups in total. The predicted molar refractivity (Wildman–Crippen MR) is 103 cm³/mol. The molecular weight excluding hydrogens is 388 g/mol. The van der Waals surface area contributed by atoms with E-state index in [4.69, 9.17) is 20.8 Å². The third kappa shape index (κ3) is 3.81. The first kappa shape index (κ1) is 19.4. The van der Waals surface area contributed by atoms with Crippen LogP contribution in [-0.2, 0) is 9.53 Å². The fourth-order valence-corrected chi connectivity index (χ4v) is 2.76. The van der Waals surface area contributed by atoms with Crippen molar-refractivity contribution >= 4 is 45.8 Å². The van der Waals surface area contributed by atoms with Gasteiger partial charge in [0.25, 0.3) is 11.6 Å². The van der Waals surface area contributed by atoms with E-state index in [1.54, 1.807) is 19.1 Å². The van der Waals surface area contributed by atoms with E-state index in [0.29, 0.717) is 11.1 Å². The minimum Gasteiger partial charge on any atom is -0.449 e. The van der Waals surface area contributed by atoms with Gasteiger partial charge in [-0.25, -0.2) is 4.79 Å². The van der Waals surface area contributed by atoms with Crippen LogP contribution in [0.2, 0.25) is 5.02 Å². The lowest BCUT2D eigenvalue weighted by molar-refractivity contribution is -0.384. The summed E-state index contributed by atoms with van der Waals surface area (Å²) >= 11 is 5.96. The van der Waals surface area contributed by atoms with E-state index in [2.05, 4.69) is 5.32 Å². The van der Waals surface area contributed by atoms with Crippen LogP contribution in [-0.4, -0.2) is 22.9 Å². The first-order valence-electron chi connectivity index (χ1n) is 8.22. The molecule has 0 fully saturated rings. The van der Waals surface area contributed by atoms with E-state index in [-0.39, 0.29) is 22.2 Å². The number of anilines is 1. The number of benzene rings is 2. The normalized spacial score (nSPS) is 11.8. The molecule has 0 aliphatic heterocycles. The summed E-state index contributed by atoms with van der Waals surface area (Å²) in [6, 6.07) is 10.8. The van der Waals surface area contributed by atoms with Crippen molar-refractivity contribution in [1.82, 2.24) is 0 Å². The molecule has 0 saturated carbocycles. The van der Waals surface area contributed by atoms with Gasteiger partial charge in [0.15, 0.2) is 6.10 Å². The van der Waals surface area contributed by atoms with Gasteiger partial charge in [-0.15, -0.1) is 0 Å². The molecule has 2 aromatic carbocycles. The number of furan rings is 1. The van der Waals surface area contributed by atoms with Crippen molar-refractivity contribution in [3.8, 4) is 0 Å². The van der Waals surface area contributed by atoms with E-state index in [1.165, 1.54) is 19.1 Å². The number of rotatable bonds is 5. The van der Waals surface area contributed by atoms with Crippen LogP contribution in [0.5, 0.6) is 0 Å². The van der Waals surface area contributed by atoms with Gasteiger partial charge in [-0.3, -0.25) is 14.9 Å². The molecule has 1 heterocycles. The average Bonchev–Trinajstić information content (AvgIpc) is 3.00. The summed E-state index contributed by atoms with van der Waals surface area (Å²) < 4.78 is 10.7. The molecule has 28 heavy (non-hydrogen) atoms. The number of hydrogen-bond acceptors (Lipinski definition) is 6. The molecule has 1 amide bonds. The van der Waals surface area contributed by atoms with Crippen molar-refractivity contribution < 1.29 is 23.7 Å². The van der Waals surface area contributed by atoms with Crippen molar-refractivity contribution in [3.05, 3.63) is 68.9 Å². The van der Waals surface area contributed by atoms with Gasteiger partial charge < -0.3 is 14.5 Å². The molecule has 0 saturated heterocycles. The summed E-state index contributed by atoms with van der Waals surface area (Å²) in [4.78, 5) is 35.0. The molecule has 0 aliphatic rings. The van der Waals surface area contributed by atoms with Gasteiger partial charge in [-0.2, -0.15) is 0 Å². The molecule has 1 atom stereocenters. The molecular formula is C19H15ClN2O6. The van der Waals surface area contributed by atoms with Crippen molar-refractivity contribution in [1.29, 1.82) is 0 Å². The van der Waals surface area contributed by atoms with Gasteiger partial charge >= 0.3 is 5.97 Å². The van der Waals surface area contributed by atoms with E-state index in [0.717, 1.165) is 11.5 Å². The maximum Gasteiger partial charge on any atom is 0.375 e. The summed E-state index contributed by atoms with van der Waals surface area (Å²) in [5.41, 5.74) is 0.952. The number of para-hydroxylation sites is 1. The number of amides is 1. The Hall–Kier alpha value is -3.39. The number of halogens is 1. The fraction of sp³-hybridized carbons (Fsp3) is 0.158. The third-order valence-corrected chi connectivity index (χ3v) is 4.43. The van der Waals surface area contributed by atoms with Gasteiger partial charge in [0.05, 0.1) is 15.6 Å². The first-order chi connectivity index (χ1) is 13.3. The highest BCUT2D eigenvalue weighted by Crippen LogP contribution is 2.28. The standard InChI is InChI=1S/C19H15ClN2O6/c1-10-13-5-3-4-6-16(13)28-17(10)19(24)27-11(2)18(23)21-15-9-12(22(25)26)7-8-14(15)20/h3-9,11H,1-2H3,(H,21,23)/t11-/m0/s1. The van der Waals surface area contributed by atoms with E-state index < -0.39 is 22.9 Å². The lowest BCUT2D eigenvalue weighted by Gasteiger charge is -2.13. The number of hydrogen-bond donors (Lipinski definition) is 1. The molecule has 9 heteroatoms. The maximum atomic E-state index is 12.4. The Kier molecular flexibility index (Phi) is 5.32. The summed E-state index contributed by atoms with van der Waals surface area (Å²) in [7, 11) is 0. The number of nitrogens with one attached hydrogen (secondary N) is 1. The van der Waals surface area contributed by atoms with E-state index in [9.17, 15) is 19.7 Å². The number of nitrogens with zero attached hydrogens (tertiary/aromatic N) is 1. The number of nitro groups is 1. The number of nitro benzene ring substituents is 1. The Labute approximate surface area is 164 Å². The maximum absolute atomic E-state index is 12.4.